The maximum Gasteiger partial charge on any atom is 0.239 e. The number of unbranched alkanes of at least 4 members (excludes halogenated alkanes) is 1. The summed E-state index contributed by atoms with van der Waals surface area (Å²) >= 11 is 4.90. The molecule has 0 aliphatic heterocycles. The van der Waals surface area contributed by atoms with Gasteiger partial charge in [0.25, 0.3) is 0 Å². The van der Waals surface area contributed by atoms with Crippen LogP contribution in [0.15, 0.2) is 18.2 Å². The first-order valence-electron chi connectivity index (χ1n) is 8.88. The summed E-state index contributed by atoms with van der Waals surface area (Å²) in [5.41, 5.74) is 0.658. The highest BCUT2D eigenvalue weighted by Crippen LogP contribution is 2.30. The predicted octanol–water partition coefficient (Wildman–Crippen LogP) is 5.38. The van der Waals surface area contributed by atoms with Crippen molar-refractivity contribution in [1.82, 2.24) is 4.98 Å². The van der Waals surface area contributed by atoms with Crippen molar-refractivity contribution in [1.29, 1.82) is 0 Å². The number of thiazole rings is 1. The smallest absolute Gasteiger partial charge is 0.239 e. The number of carbonyl (C=O) groups is 1. The summed E-state index contributed by atoms with van der Waals surface area (Å²) in [7, 11) is 1.71. The summed E-state index contributed by atoms with van der Waals surface area (Å²) in [6, 6.07) is 5.79. The van der Waals surface area contributed by atoms with Gasteiger partial charge in [-0.2, -0.15) is 0 Å². The topological polar surface area (TPSA) is 60.5 Å². The van der Waals surface area contributed by atoms with Gasteiger partial charge in [-0.25, -0.2) is 4.98 Å². The quantitative estimate of drug-likeness (QED) is 0.501. The maximum atomic E-state index is 12.2. The van der Waals surface area contributed by atoms with E-state index in [0.29, 0.717) is 11.7 Å². The normalized spacial score (nSPS) is 13.0. The summed E-state index contributed by atoms with van der Waals surface area (Å²) < 4.78 is 12.2. The molecule has 1 heterocycles. The number of nitrogens with one attached hydrogen (secondary N) is 1. The molecule has 5 nitrogen and oxygen atoms in total. The van der Waals surface area contributed by atoms with Crippen molar-refractivity contribution < 1.29 is 14.3 Å². The van der Waals surface area contributed by atoms with Crippen molar-refractivity contribution in [2.45, 2.75) is 56.9 Å². The monoisotopic (exact) mass is 442 g/mol. The van der Waals surface area contributed by atoms with Gasteiger partial charge in [-0.05, 0) is 38.5 Å². The van der Waals surface area contributed by atoms with Crippen LogP contribution in [0, 0.1) is 0 Å². The molecule has 0 bridgehead atoms. The lowest BCUT2D eigenvalue weighted by atomic mass is 10.1. The van der Waals surface area contributed by atoms with Crippen molar-refractivity contribution in [3.05, 3.63) is 18.2 Å². The number of methoxy groups -OCH3 is 1. The molecule has 0 saturated heterocycles. The fourth-order valence-electron chi connectivity index (χ4n) is 2.26. The molecule has 2 aromatic rings. The predicted molar refractivity (Wildman–Crippen MR) is 112 cm³/mol. The number of ether oxygens (including phenoxy) is 2. The third-order valence-corrected chi connectivity index (χ3v) is 6.02. The molecule has 26 heavy (non-hydrogen) atoms. The van der Waals surface area contributed by atoms with Crippen LogP contribution in [-0.2, 0) is 9.53 Å². The van der Waals surface area contributed by atoms with Gasteiger partial charge in [0, 0.05) is 13.5 Å². The van der Waals surface area contributed by atoms with E-state index in [9.17, 15) is 4.79 Å². The van der Waals surface area contributed by atoms with E-state index in [1.807, 2.05) is 32.0 Å². The van der Waals surface area contributed by atoms with Gasteiger partial charge in [0.05, 0.1) is 27.3 Å². The number of hydrogen-bond acceptors (Lipinski definition) is 5. The van der Waals surface area contributed by atoms with Crippen LogP contribution in [0.4, 0.5) is 5.13 Å². The standard InChI is InChI=1S/C19H27BrN2O3S/c1-5-6-7-14(20)17(23)22-18-21-15-9-8-13(12-16(15)26-18)25-11-10-19(2,3)24-4/h8-9,12,14H,5-7,10-11H2,1-4H3,(H,21,22,23). The van der Waals surface area contributed by atoms with Crippen molar-refractivity contribution >= 4 is 48.5 Å². The lowest BCUT2D eigenvalue weighted by Gasteiger charge is -2.22. The third-order valence-electron chi connectivity index (χ3n) is 4.21. The fourth-order valence-corrected chi connectivity index (χ4v) is 3.60. The lowest BCUT2D eigenvalue weighted by Crippen LogP contribution is -2.25. The number of hydrogen-bond donors (Lipinski definition) is 1. The van der Waals surface area contributed by atoms with E-state index in [1.165, 1.54) is 11.3 Å². The molecule has 1 aromatic heterocycles. The Balaban J connectivity index is 1.97. The van der Waals surface area contributed by atoms with Crippen LogP contribution in [0.2, 0.25) is 0 Å². The number of aromatic nitrogens is 1. The Kier molecular flexibility index (Phi) is 7.85. The number of nitrogens with zero attached hydrogens (tertiary/aromatic N) is 1. The Morgan fingerprint density at radius 3 is 2.88 bits per heavy atom. The van der Waals surface area contributed by atoms with Gasteiger partial charge < -0.3 is 14.8 Å². The molecular weight excluding hydrogens is 416 g/mol. The summed E-state index contributed by atoms with van der Waals surface area (Å²) in [5, 5.41) is 3.51. The number of fused-ring (bicyclic) bond motifs is 1. The minimum atomic E-state index is -0.198. The van der Waals surface area contributed by atoms with Crippen LogP contribution in [-0.4, -0.2) is 35.0 Å². The highest BCUT2D eigenvalue weighted by molar-refractivity contribution is 9.10. The molecule has 7 heteroatoms. The molecule has 1 atom stereocenters. The van der Waals surface area contributed by atoms with Gasteiger partial charge in [0.15, 0.2) is 5.13 Å². The van der Waals surface area contributed by atoms with Gasteiger partial charge in [-0.15, -0.1) is 0 Å². The number of carbonyl (C=O) groups excluding carboxylic acids is 1. The highest BCUT2D eigenvalue weighted by atomic mass is 79.9. The van der Waals surface area contributed by atoms with E-state index in [4.69, 9.17) is 9.47 Å². The second-order valence-corrected chi connectivity index (χ2v) is 8.95. The Hall–Kier alpha value is -1.18. The molecule has 0 aliphatic carbocycles. The zero-order chi connectivity index (χ0) is 19.2. The van der Waals surface area contributed by atoms with Crippen LogP contribution >= 0.6 is 27.3 Å². The second kappa shape index (κ2) is 9.67. The van der Waals surface area contributed by atoms with Gasteiger partial charge in [0.2, 0.25) is 5.91 Å². The van der Waals surface area contributed by atoms with E-state index < -0.39 is 0 Å². The second-order valence-electron chi connectivity index (χ2n) is 6.81. The van der Waals surface area contributed by atoms with Crippen LogP contribution in [0.25, 0.3) is 10.2 Å². The number of amides is 1. The maximum absolute atomic E-state index is 12.2. The largest absolute Gasteiger partial charge is 0.493 e. The van der Waals surface area contributed by atoms with Crippen molar-refractivity contribution in [3.8, 4) is 5.75 Å². The Labute approximate surface area is 167 Å². The molecule has 1 amide bonds. The number of alkyl halides is 1. The number of halogens is 1. The molecule has 0 aliphatic rings. The van der Waals surface area contributed by atoms with E-state index in [1.54, 1.807) is 7.11 Å². The fraction of sp³-hybridized carbons (Fsp3) is 0.579. The molecule has 1 aromatic carbocycles. The van der Waals surface area contributed by atoms with E-state index >= 15 is 0 Å². The zero-order valence-corrected chi connectivity index (χ0v) is 18.2. The first-order valence-corrected chi connectivity index (χ1v) is 10.6. The van der Waals surface area contributed by atoms with E-state index in [-0.39, 0.29) is 16.3 Å². The van der Waals surface area contributed by atoms with Gasteiger partial charge in [-0.3, -0.25) is 4.79 Å². The summed E-state index contributed by atoms with van der Waals surface area (Å²) in [4.78, 5) is 16.5. The van der Waals surface area contributed by atoms with Crippen LogP contribution < -0.4 is 10.1 Å². The van der Waals surface area contributed by atoms with Crippen LogP contribution in [0.3, 0.4) is 0 Å². The van der Waals surface area contributed by atoms with E-state index in [0.717, 1.165) is 41.6 Å². The molecule has 1 unspecified atom stereocenters. The molecule has 1 N–H and O–H groups in total. The molecule has 2 rings (SSSR count). The number of rotatable bonds is 10. The van der Waals surface area contributed by atoms with Crippen molar-refractivity contribution in [2.24, 2.45) is 0 Å². The van der Waals surface area contributed by atoms with E-state index in [2.05, 4.69) is 33.2 Å². The van der Waals surface area contributed by atoms with Crippen molar-refractivity contribution in [2.75, 3.05) is 19.0 Å². The first kappa shape index (κ1) is 21.1. The highest BCUT2D eigenvalue weighted by Gasteiger charge is 2.17. The molecule has 0 spiro atoms. The minimum absolute atomic E-state index is 0.0456. The average molecular weight is 443 g/mol. The van der Waals surface area contributed by atoms with Gasteiger partial charge in [0.1, 0.15) is 5.75 Å². The molecule has 144 valence electrons. The van der Waals surface area contributed by atoms with Crippen molar-refractivity contribution in [3.63, 3.8) is 0 Å². The summed E-state index contributed by atoms with van der Waals surface area (Å²) in [6.45, 7) is 6.77. The Morgan fingerprint density at radius 2 is 2.19 bits per heavy atom. The van der Waals surface area contributed by atoms with Gasteiger partial charge in [-0.1, -0.05) is 47.0 Å². The molecule has 0 fully saturated rings. The van der Waals surface area contributed by atoms with Crippen LogP contribution in [0.1, 0.15) is 46.5 Å². The lowest BCUT2D eigenvalue weighted by molar-refractivity contribution is -0.115. The Morgan fingerprint density at radius 1 is 1.42 bits per heavy atom. The number of anilines is 1. The zero-order valence-electron chi connectivity index (χ0n) is 15.8. The molecular formula is C19H27BrN2O3S. The molecule has 0 saturated carbocycles. The molecule has 0 radical (unpaired) electrons. The summed E-state index contributed by atoms with van der Waals surface area (Å²) in [5.74, 6) is 0.753. The van der Waals surface area contributed by atoms with Gasteiger partial charge >= 0.3 is 0 Å². The number of benzene rings is 1. The summed E-state index contributed by atoms with van der Waals surface area (Å²) in [6.07, 6.45) is 3.71. The minimum Gasteiger partial charge on any atom is -0.493 e. The third kappa shape index (κ3) is 6.21. The Bertz CT molecular complexity index is 733. The average Bonchev–Trinajstić information content (AvgIpc) is 3.00. The van der Waals surface area contributed by atoms with Crippen LogP contribution in [0.5, 0.6) is 5.75 Å². The SMILES string of the molecule is CCCCC(Br)C(=O)Nc1nc2ccc(OCCC(C)(C)OC)cc2s1. The first-order chi connectivity index (χ1) is 12.3.